The van der Waals surface area contributed by atoms with Crippen molar-refractivity contribution in [3.63, 3.8) is 0 Å². The third-order valence-corrected chi connectivity index (χ3v) is 6.87. The lowest BCUT2D eigenvalue weighted by atomic mass is 9.56. The zero-order valence-electron chi connectivity index (χ0n) is 13.4. The van der Waals surface area contributed by atoms with Crippen molar-refractivity contribution in [2.24, 2.45) is 23.2 Å². The molecule has 3 aliphatic carbocycles. The fraction of sp³-hybridized carbons (Fsp3) is 0.842. The second-order valence-electron chi connectivity index (χ2n) is 7.60. The van der Waals surface area contributed by atoms with Crippen molar-refractivity contribution >= 4 is 5.78 Å². The zero-order valence-corrected chi connectivity index (χ0v) is 13.4. The van der Waals surface area contributed by atoms with Crippen LogP contribution in [0.2, 0.25) is 0 Å². The number of aliphatic hydroxyl groups is 1. The van der Waals surface area contributed by atoms with Crippen LogP contribution in [0.3, 0.4) is 0 Å². The molecule has 0 aromatic rings. The number of carbonyl (C=O) groups is 1. The number of carbonyl (C=O) groups excluding carboxylic acids is 1. The molecule has 0 amide bonds. The van der Waals surface area contributed by atoms with Crippen LogP contribution in [0.15, 0.2) is 12.2 Å². The lowest BCUT2D eigenvalue weighted by molar-refractivity contribution is -0.114. The van der Waals surface area contributed by atoms with Gasteiger partial charge in [0.2, 0.25) is 0 Å². The zero-order chi connectivity index (χ0) is 14.9. The van der Waals surface area contributed by atoms with Crippen LogP contribution in [0.5, 0.6) is 0 Å². The highest BCUT2D eigenvalue weighted by Crippen LogP contribution is 2.59. The Kier molecular flexibility index (Phi) is 4.54. The van der Waals surface area contributed by atoms with Crippen LogP contribution in [0, 0.1) is 23.2 Å². The maximum absolute atomic E-state index is 11.7. The van der Waals surface area contributed by atoms with Gasteiger partial charge in [-0.2, -0.15) is 0 Å². The predicted octanol–water partition coefficient (Wildman–Crippen LogP) is 4.27. The summed E-state index contributed by atoms with van der Waals surface area (Å²) in [5.41, 5.74) is 0.213. The van der Waals surface area contributed by atoms with Crippen molar-refractivity contribution in [2.75, 3.05) is 0 Å². The molecule has 0 spiro atoms. The summed E-state index contributed by atoms with van der Waals surface area (Å²) >= 11 is 0. The Morgan fingerprint density at radius 1 is 1.24 bits per heavy atom. The average Bonchev–Trinajstić information content (AvgIpc) is 2.83. The van der Waals surface area contributed by atoms with Crippen molar-refractivity contribution in [3.05, 3.63) is 12.2 Å². The van der Waals surface area contributed by atoms with Gasteiger partial charge in [0.15, 0.2) is 5.78 Å². The Bertz CT molecular complexity index is 414. The Labute approximate surface area is 129 Å². The largest absolute Gasteiger partial charge is 0.393 e. The predicted molar refractivity (Wildman–Crippen MR) is 84.9 cm³/mol. The van der Waals surface area contributed by atoms with E-state index >= 15 is 0 Å². The molecule has 3 aliphatic rings. The standard InChI is InChI=1S/C19H30O2/c1-2-19-13-12-14-6-5-8-15(20)7-3-4-9-16(14)17(19)10-11-18(19)21/h5,8,14,16-18,21H,2-4,6-7,9-13H2,1H3. The van der Waals surface area contributed by atoms with E-state index in [9.17, 15) is 9.90 Å². The summed E-state index contributed by atoms with van der Waals surface area (Å²) in [6, 6.07) is 0. The van der Waals surface area contributed by atoms with E-state index in [0.29, 0.717) is 5.78 Å². The lowest BCUT2D eigenvalue weighted by Gasteiger charge is -2.49. The Hall–Kier alpha value is -0.630. The van der Waals surface area contributed by atoms with Gasteiger partial charge in [-0.25, -0.2) is 0 Å². The maximum atomic E-state index is 11.7. The first-order valence-electron chi connectivity index (χ1n) is 9.05. The molecule has 2 nitrogen and oxygen atoms in total. The highest BCUT2D eigenvalue weighted by atomic mass is 16.3. The molecule has 21 heavy (non-hydrogen) atoms. The normalized spacial score (nSPS) is 44.2. The smallest absolute Gasteiger partial charge is 0.155 e. The van der Waals surface area contributed by atoms with E-state index in [2.05, 4.69) is 13.0 Å². The van der Waals surface area contributed by atoms with Crippen molar-refractivity contribution in [3.8, 4) is 0 Å². The van der Waals surface area contributed by atoms with E-state index in [1.807, 2.05) is 6.08 Å². The van der Waals surface area contributed by atoms with E-state index in [0.717, 1.165) is 49.9 Å². The van der Waals surface area contributed by atoms with Crippen LogP contribution in [-0.4, -0.2) is 17.0 Å². The van der Waals surface area contributed by atoms with Gasteiger partial charge in [0.05, 0.1) is 6.10 Å². The molecule has 2 fully saturated rings. The number of fused-ring (bicyclic) bond motifs is 3. The first-order valence-corrected chi connectivity index (χ1v) is 9.05. The van der Waals surface area contributed by atoms with E-state index in [4.69, 9.17) is 0 Å². The van der Waals surface area contributed by atoms with Crippen LogP contribution in [0.25, 0.3) is 0 Å². The van der Waals surface area contributed by atoms with Crippen molar-refractivity contribution in [1.29, 1.82) is 0 Å². The highest BCUT2D eigenvalue weighted by molar-refractivity contribution is 5.89. The van der Waals surface area contributed by atoms with Crippen LogP contribution in [0.4, 0.5) is 0 Å². The van der Waals surface area contributed by atoms with Crippen LogP contribution in [-0.2, 0) is 4.79 Å². The van der Waals surface area contributed by atoms with Gasteiger partial charge in [-0.05, 0) is 80.6 Å². The van der Waals surface area contributed by atoms with Gasteiger partial charge in [0, 0.05) is 6.42 Å². The number of ketones is 1. The maximum Gasteiger partial charge on any atom is 0.155 e. The molecule has 0 saturated heterocycles. The lowest BCUT2D eigenvalue weighted by Crippen LogP contribution is -2.44. The number of aliphatic hydroxyl groups excluding tert-OH is 1. The molecule has 0 aromatic carbocycles. The number of hydrogen-bond donors (Lipinski definition) is 1. The van der Waals surface area contributed by atoms with E-state index in [1.165, 1.54) is 32.1 Å². The minimum atomic E-state index is -0.0685. The van der Waals surface area contributed by atoms with Gasteiger partial charge in [-0.3, -0.25) is 4.79 Å². The first kappa shape index (κ1) is 15.3. The third-order valence-electron chi connectivity index (χ3n) is 6.87. The van der Waals surface area contributed by atoms with Gasteiger partial charge in [-0.1, -0.05) is 19.4 Å². The molecule has 0 aromatic heterocycles. The Morgan fingerprint density at radius 3 is 2.90 bits per heavy atom. The van der Waals surface area contributed by atoms with Crippen LogP contribution >= 0.6 is 0 Å². The molecule has 5 atom stereocenters. The summed E-state index contributed by atoms with van der Waals surface area (Å²) in [7, 11) is 0. The van der Waals surface area contributed by atoms with Crippen molar-refractivity contribution in [1.82, 2.24) is 0 Å². The van der Waals surface area contributed by atoms with Gasteiger partial charge >= 0.3 is 0 Å². The first-order chi connectivity index (χ1) is 10.2. The van der Waals surface area contributed by atoms with E-state index in [1.54, 1.807) is 0 Å². The number of hydrogen-bond acceptors (Lipinski definition) is 2. The van der Waals surface area contributed by atoms with Crippen LogP contribution < -0.4 is 0 Å². The molecule has 0 bridgehead atoms. The third kappa shape index (κ3) is 2.72. The molecular formula is C19H30O2. The summed E-state index contributed by atoms with van der Waals surface area (Å²) < 4.78 is 0. The molecule has 0 radical (unpaired) electrons. The molecule has 0 aliphatic heterocycles. The summed E-state index contributed by atoms with van der Waals surface area (Å²) in [6.45, 7) is 2.28. The Morgan fingerprint density at radius 2 is 2.10 bits per heavy atom. The van der Waals surface area contributed by atoms with E-state index < -0.39 is 0 Å². The van der Waals surface area contributed by atoms with Gasteiger partial charge in [0.1, 0.15) is 0 Å². The number of allylic oxidation sites excluding steroid dienone is 2. The average molecular weight is 290 g/mol. The second kappa shape index (κ2) is 6.24. The fourth-order valence-corrected chi connectivity index (χ4v) is 5.69. The van der Waals surface area contributed by atoms with Gasteiger partial charge < -0.3 is 5.11 Å². The molecule has 2 heteroatoms. The highest BCUT2D eigenvalue weighted by Gasteiger charge is 2.54. The van der Waals surface area contributed by atoms with Crippen LogP contribution in [0.1, 0.15) is 71.1 Å². The van der Waals surface area contributed by atoms with Crippen molar-refractivity contribution in [2.45, 2.75) is 77.2 Å². The molecule has 2 saturated carbocycles. The molecule has 3 rings (SSSR count). The molecule has 118 valence electrons. The molecule has 0 heterocycles. The monoisotopic (exact) mass is 290 g/mol. The topological polar surface area (TPSA) is 37.3 Å². The van der Waals surface area contributed by atoms with Crippen molar-refractivity contribution < 1.29 is 9.90 Å². The SMILES string of the molecule is CCC12CCC3CC=CC(=O)CCCCC3C1CCC2O. The molecular weight excluding hydrogens is 260 g/mol. The van der Waals surface area contributed by atoms with E-state index in [-0.39, 0.29) is 11.5 Å². The van der Waals surface area contributed by atoms with Gasteiger partial charge in [0.25, 0.3) is 0 Å². The minimum Gasteiger partial charge on any atom is -0.393 e. The number of rotatable bonds is 1. The molecule has 1 N–H and O–H groups in total. The second-order valence-corrected chi connectivity index (χ2v) is 7.60. The summed E-state index contributed by atoms with van der Waals surface area (Å²) in [6.07, 6.45) is 15.0. The quantitative estimate of drug-likeness (QED) is 0.783. The summed E-state index contributed by atoms with van der Waals surface area (Å²) in [4.78, 5) is 11.7. The summed E-state index contributed by atoms with van der Waals surface area (Å²) in [5, 5.41) is 10.6. The fourth-order valence-electron chi connectivity index (χ4n) is 5.69. The molecule has 5 unspecified atom stereocenters. The van der Waals surface area contributed by atoms with Gasteiger partial charge in [-0.15, -0.1) is 0 Å². The summed E-state index contributed by atoms with van der Waals surface area (Å²) in [5.74, 6) is 2.54. The Balaban J connectivity index is 1.81. The minimum absolute atomic E-state index is 0.0685.